The molecule has 1 heterocycles. The number of anilines is 1. The van der Waals surface area contributed by atoms with Crippen LogP contribution in [0.1, 0.15) is 36.5 Å². The number of thioether (sulfide) groups is 1. The van der Waals surface area contributed by atoms with E-state index in [-0.39, 0.29) is 5.91 Å². The van der Waals surface area contributed by atoms with E-state index in [1.807, 2.05) is 56.3 Å². The van der Waals surface area contributed by atoms with Gasteiger partial charge in [-0.15, -0.1) is 0 Å². The lowest BCUT2D eigenvalue weighted by Gasteiger charge is -2.17. The summed E-state index contributed by atoms with van der Waals surface area (Å²) in [4.78, 5) is 15.3. The van der Waals surface area contributed by atoms with Gasteiger partial charge in [-0.05, 0) is 61.2 Å². The molecular weight excluding hydrogens is 402 g/mol. The Balaban J connectivity index is 1.86. The molecule has 0 bridgehead atoms. The Kier molecular flexibility index (Phi) is 6.98. The highest BCUT2D eigenvalue weighted by Crippen LogP contribution is 2.38. The molecule has 29 heavy (non-hydrogen) atoms. The van der Waals surface area contributed by atoms with Crippen LogP contribution >= 0.6 is 24.0 Å². The van der Waals surface area contributed by atoms with Crippen LogP contribution in [0.2, 0.25) is 0 Å². The lowest BCUT2D eigenvalue weighted by Crippen LogP contribution is -2.28. The van der Waals surface area contributed by atoms with Crippen LogP contribution in [0.25, 0.3) is 6.08 Å². The molecule has 2 aromatic rings. The molecule has 4 nitrogen and oxygen atoms in total. The number of thiocarbonyl (C=S) groups is 1. The van der Waals surface area contributed by atoms with E-state index < -0.39 is 0 Å². The first-order valence-electron chi connectivity index (χ1n) is 9.60. The summed E-state index contributed by atoms with van der Waals surface area (Å²) in [6.45, 7) is 6.77. The molecule has 0 aromatic heterocycles. The van der Waals surface area contributed by atoms with Crippen LogP contribution in [0, 0.1) is 13.8 Å². The van der Waals surface area contributed by atoms with Gasteiger partial charge >= 0.3 is 0 Å². The van der Waals surface area contributed by atoms with E-state index in [9.17, 15) is 4.79 Å². The van der Waals surface area contributed by atoms with Gasteiger partial charge in [0.2, 0.25) is 0 Å². The van der Waals surface area contributed by atoms with Crippen molar-refractivity contribution in [1.82, 2.24) is 0 Å². The second-order valence-corrected chi connectivity index (χ2v) is 8.60. The zero-order valence-electron chi connectivity index (χ0n) is 17.2. The second kappa shape index (κ2) is 9.46. The molecule has 1 aliphatic heterocycles. The molecular formula is C23H25NO3S2. The summed E-state index contributed by atoms with van der Waals surface area (Å²) in [6, 6.07) is 11.7. The molecule has 6 heteroatoms. The van der Waals surface area contributed by atoms with Gasteiger partial charge < -0.3 is 9.47 Å². The minimum absolute atomic E-state index is 0.101. The van der Waals surface area contributed by atoms with Crippen LogP contribution < -0.4 is 14.4 Å². The lowest BCUT2D eigenvalue weighted by atomic mass is 10.1. The maximum Gasteiger partial charge on any atom is 0.270 e. The normalized spacial score (nSPS) is 15.3. The van der Waals surface area contributed by atoms with Crippen molar-refractivity contribution in [3.8, 4) is 11.5 Å². The monoisotopic (exact) mass is 427 g/mol. The molecule has 0 unspecified atom stereocenters. The third-order valence-electron chi connectivity index (χ3n) is 4.64. The maximum atomic E-state index is 13.1. The molecule has 0 N–H and O–H groups in total. The Morgan fingerprint density at radius 1 is 1.14 bits per heavy atom. The molecule has 0 atom stereocenters. The largest absolute Gasteiger partial charge is 0.493 e. The number of nitrogens with zero attached hydrogens (tertiary/aromatic N) is 1. The van der Waals surface area contributed by atoms with Crippen molar-refractivity contribution in [3.05, 3.63) is 58.0 Å². The first-order valence-corrected chi connectivity index (χ1v) is 10.8. The first kappa shape index (κ1) is 21.4. The first-order chi connectivity index (χ1) is 13.9. The minimum atomic E-state index is -0.101. The van der Waals surface area contributed by atoms with Gasteiger partial charge in [-0.3, -0.25) is 9.69 Å². The molecule has 3 rings (SSSR count). The number of aryl methyl sites for hydroxylation is 2. The summed E-state index contributed by atoms with van der Waals surface area (Å²) in [7, 11) is 1.62. The maximum absolute atomic E-state index is 13.1. The second-order valence-electron chi connectivity index (χ2n) is 6.92. The molecule has 152 valence electrons. The van der Waals surface area contributed by atoms with Gasteiger partial charge in [0, 0.05) is 0 Å². The number of carbonyl (C=O) groups is 1. The van der Waals surface area contributed by atoms with Crippen LogP contribution in [-0.2, 0) is 4.79 Å². The summed E-state index contributed by atoms with van der Waals surface area (Å²) in [5, 5.41) is 0. The van der Waals surface area contributed by atoms with Crippen molar-refractivity contribution in [1.29, 1.82) is 0 Å². The fourth-order valence-electron chi connectivity index (χ4n) is 3.01. The predicted molar refractivity (Wildman–Crippen MR) is 125 cm³/mol. The van der Waals surface area contributed by atoms with Gasteiger partial charge in [0.1, 0.15) is 0 Å². The number of ether oxygens (including phenoxy) is 2. The van der Waals surface area contributed by atoms with Crippen LogP contribution in [0.5, 0.6) is 11.5 Å². The molecule has 1 aliphatic rings. The van der Waals surface area contributed by atoms with E-state index >= 15 is 0 Å². The Bertz CT molecular complexity index is 969. The van der Waals surface area contributed by atoms with Crippen molar-refractivity contribution in [3.63, 3.8) is 0 Å². The summed E-state index contributed by atoms with van der Waals surface area (Å²) < 4.78 is 11.8. The number of methoxy groups -OCH3 is 1. The van der Waals surface area contributed by atoms with Crippen molar-refractivity contribution in [2.24, 2.45) is 0 Å². The summed E-state index contributed by atoms with van der Waals surface area (Å²) in [5.41, 5.74) is 3.81. The van der Waals surface area contributed by atoms with Crippen molar-refractivity contribution >= 4 is 46.0 Å². The average molecular weight is 428 g/mol. The zero-order chi connectivity index (χ0) is 21.0. The van der Waals surface area contributed by atoms with E-state index in [4.69, 9.17) is 21.7 Å². The Labute approximate surface area is 181 Å². The standard InChI is InChI=1S/C23H25NO3S2/c1-5-6-11-27-19-10-9-17(13-20(19)26-4)14-21-22(25)24(23(28)29-21)18-12-15(2)7-8-16(18)3/h7-10,12-14H,5-6,11H2,1-4H3. The molecule has 0 aliphatic carbocycles. The van der Waals surface area contributed by atoms with Gasteiger partial charge in [-0.1, -0.05) is 55.5 Å². The van der Waals surface area contributed by atoms with Gasteiger partial charge in [-0.25, -0.2) is 0 Å². The van der Waals surface area contributed by atoms with Gasteiger partial charge in [0.15, 0.2) is 15.8 Å². The number of rotatable bonds is 7. The van der Waals surface area contributed by atoms with Crippen molar-refractivity contribution in [2.45, 2.75) is 33.6 Å². The molecule has 1 saturated heterocycles. The highest BCUT2D eigenvalue weighted by Gasteiger charge is 2.34. The number of unbranched alkanes of at least 4 members (excludes halogenated alkanes) is 1. The predicted octanol–water partition coefficient (Wildman–Crippen LogP) is 5.90. The average Bonchev–Trinajstić information content (AvgIpc) is 2.98. The van der Waals surface area contributed by atoms with E-state index in [1.54, 1.807) is 12.0 Å². The molecule has 0 radical (unpaired) electrons. The van der Waals surface area contributed by atoms with Crippen LogP contribution in [0.4, 0.5) is 5.69 Å². The van der Waals surface area contributed by atoms with Gasteiger partial charge in [0.25, 0.3) is 5.91 Å². The Hall–Kier alpha value is -2.31. The van der Waals surface area contributed by atoms with Crippen LogP contribution in [0.15, 0.2) is 41.3 Å². The van der Waals surface area contributed by atoms with Gasteiger partial charge in [0.05, 0.1) is 24.3 Å². The molecule has 0 spiro atoms. The fraction of sp³-hybridized carbons (Fsp3) is 0.304. The third-order valence-corrected chi connectivity index (χ3v) is 5.94. The number of amides is 1. The molecule has 0 saturated carbocycles. The Morgan fingerprint density at radius 2 is 1.93 bits per heavy atom. The SMILES string of the molecule is CCCCOc1ccc(C=C2SC(=S)N(c3cc(C)ccc3C)C2=O)cc1OC. The minimum Gasteiger partial charge on any atom is -0.493 e. The summed E-state index contributed by atoms with van der Waals surface area (Å²) in [6.07, 6.45) is 3.91. The quantitative estimate of drug-likeness (QED) is 0.313. The molecule has 1 fully saturated rings. The number of hydrogen-bond acceptors (Lipinski definition) is 5. The smallest absolute Gasteiger partial charge is 0.270 e. The van der Waals surface area contributed by atoms with Crippen LogP contribution in [0.3, 0.4) is 0 Å². The van der Waals surface area contributed by atoms with Gasteiger partial charge in [-0.2, -0.15) is 0 Å². The number of carbonyl (C=O) groups excluding carboxylic acids is 1. The van der Waals surface area contributed by atoms with E-state index in [2.05, 4.69) is 6.92 Å². The highest BCUT2D eigenvalue weighted by molar-refractivity contribution is 8.27. The van der Waals surface area contributed by atoms with Crippen LogP contribution in [-0.4, -0.2) is 23.9 Å². The van der Waals surface area contributed by atoms with E-state index in [0.29, 0.717) is 27.3 Å². The summed E-state index contributed by atoms with van der Waals surface area (Å²) >= 11 is 6.82. The molecule has 1 amide bonds. The van der Waals surface area contributed by atoms with Crippen molar-refractivity contribution < 1.29 is 14.3 Å². The topological polar surface area (TPSA) is 38.8 Å². The number of hydrogen-bond donors (Lipinski definition) is 0. The lowest BCUT2D eigenvalue weighted by molar-refractivity contribution is -0.113. The third kappa shape index (κ3) is 4.82. The number of benzene rings is 2. The molecule has 2 aromatic carbocycles. The Morgan fingerprint density at radius 3 is 2.66 bits per heavy atom. The fourth-order valence-corrected chi connectivity index (χ4v) is 4.29. The zero-order valence-corrected chi connectivity index (χ0v) is 18.8. The summed E-state index contributed by atoms with van der Waals surface area (Å²) in [5.74, 6) is 1.26. The van der Waals surface area contributed by atoms with E-state index in [1.165, 1.54) is 11.8 Å². The highest BCUT2D eigenvalue weighted by atomic mass is 32.2. The van der Waals surface area contributed by atoms with Crippen molar-refractivity contribution in [2.75, 3.05) is 18.6 Å². The van der Waals surface area contributed by atoms with E-state index in [0.717, 1.165) is 35.2 Å².